The summed E-state index contributed by atoms with van der Waals surface area (Å²) in [4.78, 5) is 16.5. The molecule has 0 N–H and O–H groups in total. The van der Waals surface area contributed by atoms with Gasteiger partial charge in [-0.3, -0.25) is 4.79 Å². The summed E-state index contributed by atoms with van der Waals surface area (Å²) in [6, 6.07) is 16.8. The number of ether oxygens (including phenoxy) is 2. The molecule has 5 nitrogen and oxygen atoms in total. The highest BCUT2D eigenvalue weighted by atomic mass is 16.5. The van der Waals surface area contributed by atoms with E-state index in [2.05, 4.69) is 53.7 Å². The third-order valence-electron chi connectivity index (χ3n) is 6.17. The molecule has 1 heterocycles. The van der Waals surface area contributed by atoms with E-state index in [1.54, 1.807) is 0 Å². The Morgan fingerprint density at radius 3 is 2.48 bits per heavy atom. The average molecular weight is 449 g/mol. The van der Waals surface area contributed by atoms with Gasteiger partial charge in [-0.1, -0.05) is 49.4 Å². The molecule has 0 aliphatic carbocycles. The predicted octanol–water partition coefficient (Wildman–Crippen LogP) is 6.22. The number of esters is 1. The van der Waals surface area contributed by atoms with Crippen LogP contribution < -0.4 is 4.74 Å². The highest BCUT2D eigenvalue weighted by Crippen LogP contribution is 2.27. The SMILES string of the molecule is CCc1ccc(-c2ncc(C)n2Cc2ccccc2OCCCCC(C)(C)C(=O)OC)cc1. The second-order valence-corrected chi connectivity index (χ2v) is 9.15. The van der Waals surface area contributed by atoms with E-state index in [1.165, 1.54) is 12.7 Å². The normalized spacial score (nSPS) is 11.4. The summed E-state index contributed by atoms with van der Waals surface area (Å²) in [5, 5.41) is 0. The number of carbonyl (C=O) groups excluding carboxylic acids is 1. The van der Waals surface area contributed by atoms with Gasteiger partial charge in [-0.15, -0.1) is 0 Å². The zero-order valence-corrected chi connectivity index (χ0v) is 20.6. The molecule has 0 spiro atoms. The van der Waals surface area contributed by atoms with Crippen LogP contribution in [0.1, 0.15) is 56.9 Å². The molecule has 0 bridgehead atoms. The zero-order chi connectivity index (χ0) is 23.8. The van der Waals surface area contributed by atoms with Gasteiger partial charge in [-0.05, 0) is 58.1 Å². The number of hydrogen-bond donors (Lipinski definition) is 0. The summed E-state index contributed by atoms with van der Waals surface area (Å²) in [5.41, 5.74) is 4.22. The number of benzene rings is 2. The van der Waals surface area contributed by atoms with Crippen LogP contribution in [0.2, 0.25) is 0 Å². The molecule has 2 aromatic carbocycles. The van der Waals surface area contributed by atoms with Crippen LogP contribution >= 0.6 is 0 Å². The molecule has 0 aliphatic rings. The lowest BCUT2D eigenvalue weighted by Gasteiger charge is -2.21. The molecular weight excluding hydrogens is 412 g/mol. The number of rotatable bonds is 11. The van der Waals surface area contributed by atoms with Gasteiger partial charge in [0.1, 0.15) is 11.6 Å². The van der Waals surface area contributed by atoms with E-state index < -0.39 is 5.41 Å². The Labute approximate surface area is 197 Å². The third kappa shape index (κ3) is 6.25. The van der Waals surface area contributed by atoms with E-state index in [1.807, 2.05) is 38.2 Å². The highest BCUT2D eigenvalue weighted by molar-refractivity contribution is 5.75. The van der Waals surface area contributed by atoms with Gasteiger partial charge in [-0.2, -0.15) is 0 Å². The molecule has 0 saturated carbocycles. The van der Waals surface area contributed by atoms with Crippen LogP contribution in [0, 0.1) is 12.3 Å². The number of hydrogen-bond acceptors (Lipinski definition) is 4. The van der Waals surface area contributed by atoms with Crippen LogP contribution in [0.3, 0.4) is 0 Å². The first-order valence-electron chi connectivity index (χ1n) is 11.8. The highest BCUT2D eigenvalue weighted by Gasteiger charge is 2.27. The number of para-hydroxylation sites is 1. The second kappa shape index (κ2) is 11.2. The van der Waals surface area contributed by atoms with Gasteiger partial charge in [0, 0.05) is 23.0 Å². The minimum atomic E-state index is -0.461. The standard InChI is InChI=1S/C28H36N2O3/c1-6-22-13-15-23(16-14-22)26-29-19-21(2)30(26)20-24-11-7-8-12-25(24)33-18-10-9-17-28(3,4)27(31)32-5/h7-8,11-16,19H,6,9-10,17-18,20H2,1-5H3. The predicted molar refractivity (Wildman–Crippen MR) is 132 cm³/mol. The topological polar surface area (TPSA) is 53.4 Å². The molecule has 0 unspecified atom stereocenters. The molecule has 0 aliphatic heterocycles. The van der Waals surface area contributed by atoms with E-state index in [9.17, 15) is 4.79 Å². The molecule has 0 radical (unpaired) electrons. The van der Waals surface area contributed by atoms with Gasteiger partial charge < -0.3 is 14.0 Å². The number of aromatic nitrogens is 2. The molecule has 0 atom stereocenters. The first kappa shape index (κ1) is 24.6. The second-order valence-electron chi connectivity index (χ2n) is 9.15. The van der Waals surface area contributed by atoms with Gasteiger partial charge in [0.05, 0.1) is 25.7 Å². The van der Waals surface area contributed by atoms with Gasteiger partial charge in [0.15, 0.2) is 0 Å². The van der Waals surface area contributed by atoms with Gasteiger partial charge in [0.25, 0.3) is 0 Å². The van der Waals surface area contributed by atoms with E-state index >= 15 is 0 Å². The Bertz CT molecular complexity index is 1050. The van der Waals surface area contributed by atoms with Crippen LogP contribution in [0.4, 0.5) is 0 Å². The maximum atomic E-state index is 11.8. The summed E-state index contributed by atoms with van der Waals surface area (Å²) < 4.78 is 13.3. The molecule has 3 aromatic rings. The number of methoxy groups -OCH3 is 1. The molecule has 3 rings (SSSR count). The number of carbonyl (C=O) groups is 1. The monoisotopic (exact) mass is 448 g/mol. The van der Waals surface area contributed by atoms with Crippen molar-refractivity contribution in [3.8, 4) is 17.1 Å². The van der Waals surface area contributed by atoms with Gasteiger partial charge in [-0.25, -0.2) is 4.98 Å². The third-order valence-corrected chi connectivity index (χ3v) is 6.17. The summed E-state index contributed by atoms with van der Waals surface area (Å²) in [7, 11) is 1.44. The molecule has 0 saturated heterocycles. The molecule has 5 heteroatoms. The van der Waals surface area contributed by atoms with Crippen LogP contribution in [-0.2, 0) is 22.5 Å². The molecule has 1 aromatic heterocycles. The lowest BCUT2D eigenvalue weighted by Crippen LogP contribution is -2.25. The summed E-state index contributed by atoms with van der Waals surface area (Å²) >= 11 is 0. The van der Waals surface area contributed by atoms with Crippen molar-refractivity contribution in [1.29, 1.82) is 0 Å². The average Bonchev–Trinajstić information content (AvgIpc) is 3.19. The Balaban J connectivity index is 1.66. The fourth-order valence-corrected chi connectivity index (χ4v) is 3.96. The van der Waals surface area contributed by atoms with Gasteiger partial charge in [0.2, 0.25) is 0 Å². The van der Waals surface area contributed by atoms with Crippen molar-refractivity contribution < 1.29 is 14.3 Å². The Morgan fingerprint density at radius 2 is 1.79 bits per heavy atom. The lowest BCUT2D eigenvalue weighted by molar-refractivity contribution is -0.151. The largest absolute Gasteiger partial charge is 0.493 e. The summed E-state index contributed by atoms with van der Waals surface area (Å²) in [6.07, 6.45) is 5.52. The Hall–Kier alpha value is -3.08. The zero-order valence-electron chi connectivity index (χ0n) is 20.6. The van der Waals surface area contributed by atoms with E-state index in [0.29, 0.717) is 13.2 Å². The fourth-order valence-electron chi connectivity index (χ4n) is 3.96. The van der Waals surface area contributed by atoms with Gasteiger partial charge >= 0.3 is 5.97 Å². The molecule has 0 amide bonds. The Kier molecular flexibility index (Phi) is 8.32. The Morgan fingerprint density at radius 1 is 1.06 bits per heavy atom. The van der Waals surface area contributed by atoms with Crippen LogP contribution in [-0.4, -0.2) is 29.2 Å². The van der Waals surface area contributed by atoms with Crippen LogP contribution in [0.5, 0.6) is 5.75 Å². The molecular formula is C28H36N2O3. The van der Waals surface area contributed by atoms with Crippen molar-refractivity contribution in [2.45, 2.75) is 59.9 Å². The van der Waals surface area contributed by atoms with Crippen LogP contribution in [0.15, 0.2) is 54.7 Å². The van der Waals surface area contributed by atoms with Crippen LogP contribution in [0.25, 0.3) is 11.4 Å². The smallest absolute Gasteiger partial charge is 0.311 e. The minimum absolute atomic E-state index is 0.162. The van der Waals surface area contributed by atoms with E-state index in [0.717, 1.165) is 54.1 Å². The molecule has 176 valence electrons. The summed E-state index contributed by atoms with van der Waals surface area (Å²) in [6.45, 7) is 9.41. The van der Waals surface area contributed by atoms with Crippen molar-refractivity contribution in [3.05, 3.63) is 71.5 Å². The minimum Gasteiger partial charge on any atom is -0.493 e. The van der Waals surface area contributed by atoms with Crippen molar-refractivity contribution in [1.82, 2.24) is 9.55 Å². The van der Waals surface area contributed by atoms with Crippen molar-refractivity contribution in [2.24, 2.45) is 5.41 Å². The molecule has 0 fully saturated rings. The quantitative estimate of drug-likeness (QED) is 0.258. The maximum Gasteiger partial charge on any atom is 0.311 e. The summed E-state index contributed by atoms with van der Waals surface area (Å²) in [5.74, 6) is 1.70. The number of imidazole rings is 1. The number of aryl methyl sites for hydroxylation is 2. The number of unbranched alkanes of at least 4 members (excludes halogenated alkanes) is 1. The first-order chi connectivity index (χ1) is 15.9. The first-order valence-corrected chi connectivity index (χ1v) is 11.8. The van der Waals surface area contributed by atoms with E-state index in [-0.39, 0.29) is 5.97 Å². The van der Waals surface area contributed by atoms with Crippen molar-refractivity contribution in [2.75, 3.05) is 13.7 Å². The molecule has 33 heavy (non-hydrogen) atoms. The number of nitrogens with zero attached hydrogens (tertiary/aromatic N) is 2. The van der Waals surface area contributed by atoms with E-state index in [4.69, 9.17) is 9.47 Å². The maximum absolute atomic E-state index is 11.8. The van der Waals surface area contributed by atoms with Crippen molar-refractivity contribution >= 4 is 5.97 Å². The fraction of sp³-hybridized carbons (Fsp3) is 0.429. The lowest BCUT2D eigenvalue weighted by atomic mass is 9.87. The van der Waals surface area contributed by atoms with Crippen molar-refractivity contribution in [3.63, 3.8) is 0 Å².